The number of ether oxygens (including phenoxy) is 4. The van der Waals surface area contributed by atoms with Gasteiger partial charge in [-0.2, -0.15) is 0 Å². The molecule has 2 fully saturated rings. The van der Waals surface area contributed by atoms with Crippen molar-refractivity contribution in [2.45, 2.75) is 364 Å². The number of hydrogen-bond donors (Lipinski definition) is 9. The van der Waals surface area contributed by atoms with E-state index >= 15 is 0 Å². The molecule has 2 heterocycles. The maximum Gasteiger partial charge on any atom is 0.220 e. The van der Waals surface area contributed by atoms with Gasteiger partial charge in [0.1, 0.15) is 48.8 Å². The van der Waals surface area contributed by atoms with E-state index in [1.807, 2.05) is 6.08 Å². The number of amides is 1. The van der Waals surface area contributed by atoms with E-state index in [-0.39, 0.29) is 18.9 Å². The first-order valence-electron chi connectivity index (χ1n) is 35.0. The minimum absolute atomic E-state index is 0.236. The Labute approximate surface area is 517 Å². The number of aliphatic hydroxyl groups excluding tert-OH is 8. The lowest BCUT2D eigenvalue weighted by molar-refractivity contribution is -0.359. The molecule has 0 aliphatic carbocycles. The Morgan fingerprint density at radius 1 is 0.435 bits per heavy atom. The van der Waals surface area contributed by atoms with Gasteiger partial charge in [-0.15, -0.1) is 0 Å². The van der Waals surface area contributed by atoms with Crippen LogP contribution >= 0.6 is 0 Å². The Morgan fingerprint density at radius 3 is 1.25 bits per heavy atom. The second-order valence-electron chi connectivity index (χ2n) is 24.6. The van der Waals surface area contributed by atoms with E-state index in [9.17, 15) is 45.6 Å². The number of unbranched alkanes of at least 4 members (excludes halogenated alkanes) is 36. The molecule has 0 aromatic heterocycles. The van der Waals surface area contributed by atoms with E-state index in [4.69, 9.17) is 18.9 Å². The Morgan fingerprint density at radius 2 is 0.812 bits per heavy atom. The van der Waals surface area contributed by atoms with Crippen LogP contribution in [-0.4, -0.2) is 140 Å². The van der Waals surface area contributed by atoms with Gasteiger partial charge in [-0.05, 0) is 57.8 Å². The van der Waals surface area contributed by atoms with Gasteiger partial charge in [0.05, 0.1) is 32.0 Å². The van der Waals surface area contributed by atoms with Crippen LogP contribution in [0.3, 0.4) is 0 Å². The summed E-state index contributed by atoms with van der Waals surface area (Å²) in [5.41, 5.74) is 0. The molecule has 14 heteroatoms. The lowest BCUT2D eigenvalue weighted by Crippen LogP contribution is -2.65. The van der Waals surface area contributed by atoms with Gasteiger partial charge in [0.25, 0.3) is 0 Å². The summed E-state index contributed by atoms with van der Waals surface area (Å²) in [6.07, 6.45) is 57.0. The van der Waals surface area contributed by atoms with Crippen LogP contribution in [0.5, 0.6) is 0 Å². The monoisotopic (exact) mass is 1200 g/mol. The predicted molar refractivity (Wildman–Crippen MR) is 346 cm³/mol. The number of allylic oxidation sites excluding steroid dienone is 9. The van der Waals surface area contributed by atoms with Crippen molar-refractivity contribution in [2.24, 2.45) is 0 Å². The molecule has 496 valence electrons. The van der Waals surface area contributed by atoms with Crippen LogP contribution in [0.25, 0.3) is 0 Å². The van der Waals surface area contributed by atoms with E-state index in [1.165, 1.54) is 199 Å². The lowest BCUT2D eigenvalue weighted by atomic mass is 9.97. The molecule has 85 heavy (non-hydrogen) atoms. The maximum atomic E-state index is 13.3. The fraction of sp³-hybridized carbons (Fsp3) is 0.845. The van der Waals surface area contributed by atoms with Gasteiger partial charge >= 0.3 is 0 Å². The number of carbonyl (C=O) groups is 1. The highest BCUT2D eigenvalue weighted by Gasteiger charge is 2.51. The minimum Gasteiger partial charge on any atom is -0.394 e. The predicted octanol–water partition coefficient (Wildman–Crippen LogP) is 14.1. The average Bonchev–Trinajstić information content (AvgIpc) is 3.29. The van der Waals surface area contributed by atoms with Crippen molar-refractivity contribution in [1.29, 1.82) is 0 Å². The van der Waals surface area contributed by atoms with Crippen LogP contribution in [-0.2, 0) is 23.7 Å². The van der Waals surface area contributed by atoms with E-state index in [1.54, 1.807) is 6.08 Å². The first-order valence-corrected chi connectivity index (χ1v) is 35.0. The van der Waals surface area contributed by atoms with Crippen molar-refractivity contribution in [3.8, 4) is 0 Å². The Kier molecular flexibility index (Phi) is 51.7. The van der Waals surface area contributed by atoms with Crippen LogP contribution in [0.1, 0.15) is 290 Å². The molecular formula is C71H129NO13. The molecule has 0 aromatic rings. The Balaban J connectivity index is 1.64. The molecular weight excluding hydrogens is 1070 g/mol. The van der Waals surface area contributed by atoms with Gasteiger partial charge in [-0.3, -0.25) is 4.79 Å². The summed E-state index contributed by atoms with van der Waals surface area (Å²) in [4.78, 5) is 13.3. The quantitative estimate of drug-likeness (QED) is 0.0204. The largest absolute Gasteiger partial charge is 0.394 e. The lowest BCUT2D eigenvalue weighted by Gasteiger charge is -2.46. The molecule has 0 radical (unpaired) electrons. The third-order valence-corrected chi connectivity index (χ3v) is 17.0. The Bertz CT molecular complexity index is 1660. The summed E-state index contributed by atoms with van der Waals surface area (Å²) in [6, 6.07) is -0.915. The average molecular weight is 1200 g/mol. The maximum absolute atomic E-state index is 13.3. The van der Waals surface area contributed by atoms with Crippen molar-refractivity contribution < 1.29 is 64.6 Å². The van der Waals surface area contributed by atoms with E-state index in [0.717, 1.165) is 64.2 Å². The van der Waals surface area contributed by atoms with Crippen LogP contribution in [0.15, 0.2) is 60.8 Å². The van der Waals surface area contributed by atoms with Gasteiger partial charge in [0.15, 0.2) is 12.6 Å². The SMILES string of the molecule is CC/C=C\C/C=C\C/C=C\C/C=C\CCCCCCCCCCCCCCCCCCCCCCC(=O)NC(COC1OC(CO)C(OC2OC(CO)C(O)C(O)C2O)C(O)C1O)C(O)/C=C/CCCCCCCCCCCCCCCCCC. The second-order valence-corrected chi connectivity index (χ2v) is 24.6. The summed E-state index contributed by atoms with van der Waals surface area (Å²) < 4.78 is 22.8. The van der Waals surface area contributed by atoms with Crippen LogP contribution < -0.4 is 5.32 Å². The minimum atomic E-state index is -1.79. The zero-order chi connectivity index (χ0) is 61.6. The normalized spacial score (nSPS) is 23.9. The molecule has 2 rings (SSSR count). The second kappa shape index (κ2) is 55.7. The summed E-state index contributed by atoms with van der Waals surface area (Å²) in [5, 5.41) is 87.4. The first-order chi connectivity index (χ1) is 41.6. The topological polar surface area (TPSA) is 228 Å². The fourth-order valence-electron chi connectivity index (χ4n) is 11.4. The van der Waals surface area contributed by atoms with Crippen molar-refractivity contribution in [3.63, 3.8) is 0 Å². The summed E-state index contributed by atoms with van der Waals surface area (Å²) in [7, 11) is 0. The Hall–Kier alpha value is -2.31. The van der Waals surface area contributed by atoms with Gasteiger partial charge in [-0.25, -0.2) is 0 Å². The van der Waals surface area contributed by atoms with E-state index < -0.39 is 86.8 Å². The fourth-order valence-corrected chi connectivity index (χ4v) is 11.4. The first kappa shape index (κ1) is 78.8. The van der Waals surface area contributed by atoms with Gasteiger partial charge < -0.3 is 65.1 Å². The molecule has 9 N–H and O–H groups in total. The van der Waals surface area contributed by atoms with E-state index in [2.05, 4.69) is 67.8 Å². The van der Waals surface area contributed by atoms with Crippen molar-refractivity contribution in [3.05, 3.63) is 60.8 Å². The zero-order valence-corrected chi connectivity index (χ0v) is 53.8. The van der Waals surface area contributed by atoms with Crippen LogP contribution in [0.4, 0.5) is 0 Å². The van der Waals surface area contributed by atoms with Crippen LogP contribution in [0, 0.1) is 0 Å². The molecule has 0 bridgehead atoms. The molecule has 14 nitrogen and oxygen atoms in total. The van der Waals surface area contributed by atoms with E-state index in [0.29, 0.717) is 6.42 Å². The van der Waals surface area contributed by atoms with Crippen LogP contribution in [0.2, 0.25) is 0 Å². The molecule has 0 aromatic carbocycles. The standard InChI is InChI=1S/C71H129NO13/c1-3-5-7-9-11-13-15-17-19-21-23-24-25-26-27-28-29-30-31-32-33-34-35-36-37-39-41-43-45-47-49-51-53-55-63(76)72-59(60(75)54-52-50-48-46-44-42-40-38-22-20-18-16-14-12-10-8-6-4-2)58-82-70-68(81)66(79)69(62(57-74)84-70)85-71-67(80)65(78)64(77)61(56-73)83-71/h5,7,11,13,17,19,23-24,52,54,59-62,64-71,73-75,77-81H,3-4,6,8-10,12,14-16,18,20-22,25-51,53,55-58H2,1-2H3,(H,72,76)/b7-5-,13-11-,19-17-,24-23-,54-52+. The zero-order valence-electron chi connectivity index (χ0n) is 53.8. The number of rotatable bonds is 57. The summed E-state index contributed by atoms with van der Waals surface area (Å²) in [5.74, 6) is -0.236. The molecule has 12 unspecified atom stereocenters. The third-order valence-electron chi connectivity index (χ3n) is 17.0. The van der Waals surface area contributed by atoms with Crippen molar-refractivity contribution >= 4 is 5.91 Å². The summed E-state index contributed by atoms with van der Waals surface area (Å²) in [6.45, 7) is 2.72. The van der Waals surface area contributed by atoms with Gasteiger partial charge in [0.2, 0.25) is 5.91 Å². The van der Waals surface area contributed by atoms with Crippen molar-refractivity contribution in [1.82, 2.24) is 5.32 Å². The highest BCUT2D eigenvalue weighted by Crippen LogP contribution is 2.30. The van der Waals surface area contributed by atoms with Gasteiger partial charge in [0, 0.05) is 6.42 Å². The molecule has 1 amide bonds. The smallest absolute Gasteiger partial charge is 0.220 e. The molecule has 2 aliphatic heterocycles. The number of nitrogens with one attached hydrogen (secondary N) is 1. The number of hydrogen-bond acceptors (Lipinski definition) is 13. The molecule has 2 saturated heterocycles. The summed E-state index contributed by atoms with van der Waals surface area (Å²) >= 11 is 0. The van der Waals surface area contributed by atoms with Gasteiger partial charge in [-0.1, -0.05) is 286 Å². The number of aliphatic hydroxyl groups is 8. The highest BCUT2D eigenvalue weighted by atomic mass is 16.7. The molecule has 0 saturated carbocycles. The molecule has 0 spiro atoms. The third kappa shape index (κ3) is 40.1. The molecule has 12 atom stereocenters. The number of carbonyl (C=O) groups excluding carboxylic acids is 1. The molecule has 2 aliphatic rings. The highest BCUT2D eigenvalue weighted by molar-refractivity contribution is 5.76. The van der Waals surface area contributed by atoms with Crippen molar-refractivity contribution in [2.75, 3.05) is 19.8 Å².